The van der Waals surface area contributed by atoms with Crippen LogP contribution in [0, 0.1) is 5.41 Å². The molecule has 1 heterocycles. The van der Waals surface area contributed by atoms with Gasteiger partial charge in [0.15, 0.2) is 0 Å². The Morgan fingerprint density at radius 1 is 1.50 bits per heavy atom. The number of rotatable bonds is 5. The maximum Gasteiger partial charge on any atom is 0.0785 e. The number of nitrogens with zero attached hydrogens (tertiary/aromatic N) is 2. The third-order valence-corrected chi connectivity index (χ3v) is 3.80. The Bertz CT molecular complexity index is 273. The molecule has 0 aliphatic carbocycles. The maximum atomic E-state index is 5.82. The van der Waals surface area contributed by atoms with Gasteiger partial charge in [-0.25, -0.2) is 0 Å². The molecule has 0 spiro atoms. The van der Waals surface area contributed by atoms with Crippen LogP contribution in [0.15, 0.2) is 12.4 Å². The molecule has 2 nitrogen and oxygen atoms in total. The molecular formula is C10H17ClN2S. The minimum absolute atomic E-state index is 0.248. The molecule has 0 aromatic carbocycles. The molecule has 1 aromatic rings. The highest BCUT2D eigenvalue weighted by atomic mass is 35.5. The number of halogens is 1. The number of hydrogen-bond donors (Lipinski definition) is 1. The third kappa shape index (κ3) is 2.67. The zero-order valence-corrected chi connectivity index (χ0v) is 10.4. The highest BCUT2D eigenvalue weighted by Crippen LogP contribution is 2.29. The van der Waals surface area contributed by atoms with E-state index in [1.807, 2.05) is 10.9 Å². The second-order valence-corrected chi connectivity index (χ2v) is 4.47. The predicted molar refractivity (Wildman–Crippen MR) is 64.1 cm³/mol. The van der Waals surface area contributed by atoms with E-state index >= 15 is 0 Å². The van der Waals surface area contributed by atoms with Crippen LogP contribution in [-0.4, -0.2) is 15.5 Å². The lowest BCUT2D eigenvalue weighted by molar-refractivity contribution is 0.246. The van der Waals surface area contributed by atoms with E-state index in [4.69, 9.17) is 11.6 Å². The molecule has 1 rings (SSSR count). The average molecular weight is 233 g/mol. The van der Waals surface area contributed by atoms with Crippen molar-refractivity contribution in [3.05, 3.63) is 17.4 Å². The molecule has 1 aromatic heterocycles. The molecule has 0 saturated carbocycles. The zero-order valence-electron chi connectivity index (χ0n) is 8.70. The molecule has 0 atom stereocenters. The molecule has 4 heteroatoms. The van der Waals surface area contributed by atoms with Crippen LogP contribution >= 0.6 is 24.2 Å². The summed E-state index contributed by atoms with van der Waals surface area (Å²) >= 11 is 10.2. The minimum Gasteiger partial charge on any atom is -0.271 e. The molecule has 0 aliphatic rings. The van der Waals surface area contributed by atoms with Gasteiger partial charge in [0.2, 0.25) is 0 Å². The number of hydrogen-bond acceptors (Lipinski definition) is 2. The highest BCUT2D eigenvalue weighted by molar-refractivity contribution is 7.80. The zero-order chi connectivity index (χ0) is 10.6. The topological polar surface area (TPSA) is 17.8 Å². The quantitative estimate of drug-likeness (QED) is 0.772. The fourth-order valence-electron chi connectivity index (χ4n) is 1.52. The largest absolute Gasteiger partial charge is 0.271 e. The molecule has 0 amide bonds. The first-order chi connectivity index (χ1) is 6.65. The molecule has 0 bridgehead atoms. The summed E-state index contributed by atoms with van der Waals surface area (Å²) in [5, 5.41) is 4.89. The average Bonchev–Trinajstić information content (AvgIpc) is 2.61. The summed E-state index contributed by atoms with van der Waals surface area (Å²) in [7, 11) is 0. The van der Waals surface area contributed by atoms with Crippen LogP contribution in [0.25, 0.3) is 0 Å². The summed E-state index contributed by atoms with van der Waals surface area (Å²) in [6, 6.07) is 0. The lowest BCUT2D eigenvalue weighted by atomic mass is 9.84. The molecule has 0 N–H and O–H groups in total. The van der Waals surface area contributed by atoms with Gasteiger partial charge in [0, 0.05) is 12.7 Å². The van der Waals surface area contributed by atoms with Gasteiger partial charge in [0.25, 0.3) is 0 Å². The standard InChI is InChI=1S/C10H17ClN2S/c1-3-10(4-2,8-14)7-13-6-9(11)5-12-13/h5-6,14H,3-4,7-8H2,1-2H3. The lowest BCUT2D eigenvalue weighted by Crippen LogP contribution is -2.27. The van der Waals surface area contributed by atoms with Crippen molar-refractivity contribution in [1.82, 2.24) is 9.78 Å². The molecule has 14 heavy (non-hydrogen) atoms. The number of thiol groups is 1. The van der Waals surface area contributed by atoms with Crippen LogP contribution in [0.5, 0.6) is 0 Å². The Morgan fingerprint density at radius 3 is 2.50 bits per heavy atom. The van der Waals surface area contributed by atoms with Crippen molar-refractivity contribution in [2.45, 2.75) is 33.2 Å². The molecular weight excluding hydrogens is 216 g/mol. The van der Waals surface area contributed by atoms with E-state index in [1.165, 1.54) is 0 Å². The summed E-state index contributed by atoms with van der Waals surface area (Å²) in [5.74, 6) is 0.886. The van der Waals surface area contributed by atoms with Gasteiger partial charge in [0.05, 0.1) is 11.2 Å². The summed E-state index contributed by atoms with van der Waals surface area (Å²) in [4.78, 5) is 0. The maximum absolute atomic E-state index is 5.82. The van der Waals surface area contributed by atoms with Crippen molar-refractivity contribution in [3.63, 3.8) is 0 Å². The fourth-order valence-corrected chi connectivity index (χ4v) is 2.22. The van der Waals surface area contributed by atoms with Crippen molar-refractivity contribution in [3.8, 4) is 0 Å². The molecule has 0 fully saturated rings. The van der Waals surface area contributed by atoms with Crippen molar-refractivity contribution in [2.75, 3.05) is 5.75 Å². The Labute approximate surface area is 96.1 Å². The second kappa shape index (κ2) is 5.08. The summed E-state index contributed by atoms with van der Waals surface area (Å²) in [6.07, 6.45) is 5.77. The monoisotopic (exact) mass is 232 g/mol. The minimum atomic E-state index is 0.248. The summed E-state index contributed by atoms with van der Waals surface area (Å²) in [5.41, 5.74) is 0.248. The van der Waals surface area contributed by atoms with Crippen LogP contribution in [0.1, 0.15) is 26.7 Å². The normalized spacial score (nSPS) is 12.0. The van der Waals surface area contributed by atoms with Crippen LogP contribution in [0.4, 0.5) is 0 Å². The molecule has 0 radical (unpaired) electrons. The van der Waals surface area contributed by atoms with Gasteiger partial charge in [-0.2, -0.15) is 17.7 Å². The van der Waals surface area contributed by atoms with Crippen molar-refractivity contribution in [2.24, 2.45) is 5.41 Å². The van der Waals surface area contributed by atoms with E-state index in [1.54, 1.807) is 6.20 Å². The van der Waals surface area contributed by atoms with E-state index in [2.05, 4.69) is 31.6 Å². The van der Waals surface area contributed by atoms with Gasteiger partial charge in [-0.1, -0.05) is 25.4 Å². The van der Waals surface area contributed by atoms with Gasteiger partial charge in [-0.15, -0.1) is 0 Å². The van der Waals surface area contributed by atoms with Crippen molar-refractivity contribution < 1.29 is 0 Å². The van der Waals surface area contributed by atoms with Crippen LogP contribution in [0.2, 0.25) is 5.02 Å². The smallest absolute Gasteiger partial charge is 0.0785 e. The number of aromatic nitrogens is 2. The lowest BCUT2D eigenvalue weighted by Gasteiger charge is -2.29. The Kier molecular flexibility index (Phi) is 4.32. The summed E-state index contributed by atoms with van der Waals surface area (Å²) in [6.45, 7) is 5.30. The second-order valence-electron chi connectivity index (χ2n) is 3.72. The summed E-state index contributed by atoms with van der Waals surface area (Å²) < 4.78 is 1.91. The Hall–Kier alpha value is -0.150. The predicted octanol–water partition coefficient (Wildman–Crippen LogP) is 3.27. The van der Waals surface area contributed by atoms with Crippen molar-refractivity contribution >= 4 is 24.2 Å². The first kappa shape index (κ1) is 11.9. The molecule has 0 aliphatic heterocycles. The molecule has 0 unspecified atom stereocenters. The van der Waals surface area contributed by atoms with Crippen LogP contribution in [0.3, 0.4) is 0 Å². The van der Waals surface area contributed by atoms with E-state index in [0.717, 1.165) is 25.1 Å². The Morgan fingerprint density at radius 2 is 2.14 bits per heavy atom. The first-order valence-corrected chi connectivity index (χ1v) is 5.95. The highest BCUT2D eigenvalue weighted by Gasteiger charge is 2.25. The van der Waals surface area contributed by atoms with Crippen molar-refractivity contribution in [1.29, 1.82) is 0 Å². The van der Waals surface area contributed by atoms with Gasteiger partial charge in [0.1, 0.15) is 0 Å². The van der Waals surface area contributed by atoms with Crippen LogP contribution < -0.4 is 0 Å². The SMILES string of the molecule is CCC(CC)(CS)Cn1cc(Cl)cn1. The van der Waals surface area contributed by atoms with Gasteiger partial charge < -0.3 is 0 Å². The molecule has 0 saturated heterocycles. The van der Waals surface area contributed by atoms with Gasteiger partial charge >= 0.3 is 0 Å². The van der Waals surface area contributed by atoms with Crippen LogP contribution in [-0.2, 0) is 6.54 Å². The van der Waals surface area contributed by atoms with Gasteiger partial charge in [-0.05, 0) is 24.0 Å². The third-order valence-electron chi connectivity index (χ3n) is 2.93. The Balaban J connectivity index is 2.73. The van der Waals surface area contributed by atoms with E-state index in [0.29, 0.717) is 5.02 Å². The molecule has 80 valence electrons. The fraction of sp³-hybridized carbons (Fsp3) is 0.700. The van der Waals surface area contributed by atoms with E-state index < -0.39 is 0 Å². The van der Waals surface area contributed by atoms with E-state index in [9.17, 15) is 0 Å². The first-order valence-electron chi connectivity index (χ1n) is 4.94. The van der Waals surface area contributed by atoms with Gasteiger partial charge in [-0.3, -0.25) is 4.68 Å². The van der Waals surface area contributed by atoms with E-state index in [-0.39, 0.29) is 5.41 Å².